The summed E-state index contributed by atoms with van der Waals surface area (Å²) in [6.07, 6.45) is 5.25. The van der Waals surface area contributed by atoms with Crippen LogP contribution < -0.4 is 5.73 Å². The summed E-state index contributed by atoms with van der Waals surface area (Å²) >= 11 is 0. The van der Waals surface area contributed by atoms with Crippen molar-refractivity contribution in [2.45, 2.75) is 25.8 Å². The van der Waals surface area contributed by atoms with Gasteiger partial charge in [0.15, 0.2) is 5.89 Å². The zero-order valence-corrected chi connectivity index (χ0v) is 9.28. The van der Waals surface area contributed by atoms with Crippen LogP contribution in [0, 0.1) is 5.92 Å². The number of rotatable bonds is 3. The summed E-state index contributed by atoms with van der Waals surface area (Å²) in [7, 11) is 2.17. The molecule has 0 bridgehead atoms. The molecule has 2 rings (SSSR count). The van der Waals surface area contributed by atoms with E-state index in [4.69, 9.17) is 10.2 Å². The van der Waals surface area contributed by atoms with Crippen LogP contribution in [0.25, 0.3) is 0 Å². The second-order valence-electron chi connectivity index (χ2n) is 4.40. The fraction of sp³-hybridized carbons (Fsp3) is 0.727. The number of hydrogen-bond donors (Lipinski definition) is 1. The van der Waals surface area contributed by atoms with Gasteiger partial charge in [0.25, 0.3) is 0 Å². The van der Waals surface area contributed by atoms with E-state index in [1.54, 1.807) is 6.20 Å². The van der Waals surface area contributed by atoms with Crippen molar-refractivity contribution >= 4 is 0 Å². The van der Waals surface area contributed by atoms with Gasteiger partial charge in [-0.3, -0.25) is 0 Å². The van der Waals surface area contributed by atoms with Crippen LogP contribution in [0.2, 0.25) is 0 Å². The van der Waals surface area contributed by atoms with Crippen LogP contribution in [0.5, 0.6) is 0 Å². The number of oxazole rings is 1. The van der Waals surface area contributed by atoms with Crippen LogP contribution in [-0.4, -0.2) is 30.0 Å². The maximum atomic E-state index is 5.52. The van der Waals surface area contributed by atoms with Gasteiger partial charge in [0.05, 0.1) is 12.7 Å². The molecule has 4 nitrogen and oxygen atoms in total. The maximum absolute atomic E-state index is 5.52. The van der Waals surface area contributed by atoms with Crippen molar-refractivity contribution in [3.63, 3.8) is 0 Å². The van der Waals surface area contributed by atoms with Gasteiger partial charge in [0.2, 0.25) is 0 Å². The fourth-order valence-corrected chi connectivity index (χ4v) is 2.22. The van der Waals surface area contributed by atoms with E-state index < -0.39 is 0 Å². The molecule has 4 heteroatoms. The third-order valence-electron chi connectivity index (χ3n) is 2.99. The van der Waals surface area contributed by atoms with Crippen molar-refractivity contribution < 1.29 is 4.42 Å². The zero-order chi connectivity index (χ0) is 10.7. The van der Waals surface area contributed by atoms with E-state index in [0.717, 1.165) is 24.6 Å². The van der Waals surface area contributed by atoms with E-state index in [1.165, 1.54) is 19.4 Å². The summed E-state index contributed by atoms with van der Waals surface area (Å²) in [5.41, 5.74) is 5.48. The molecule has 2 heterocycles. The van der Waals surface area contributed by atoms with Crippen molar-refractivity contribution in [3.05, 3.63) is 17.8 Å². The van der Waals surface area contributed by atoms with E-state index in [0.29, 0.717) is 12.5 Å². The topological polar surface area (TPSA) is 55.3 Å². The van der Waals surface area contributed by atoms with Crippen LogP contribution in [0.4, 0.5) is 0 Å². The molecule has 1 fully saturated rings. The fourth-order valence-electron chi connectivity index (χ4n) is 2.22. The first-order valence-electron chi connectivity index (χ1n) is 5.60. The maximum Gasteiger partial charge on any atom is 0.194 e. The van der Waals surface area contributed by atoms with Crippen molar-refractivity contribution in [2.24, 2.45) is 11.7 Å². The average Bonchev–Trinajstić information content (AvgIpc) is 2.65. The summed E-state index contributed by atoms with van der Waals surface area (Å²) in [6.45, 7) is 2.81. The first-order chi connectivity index (χ1) is 7.28. The second kappa shape index (κ2) is 4.77. The molecular weight excluding hydrogens is 190 g/mol. The molecule has 15 heavy (non-hydrogen) atoms. The van der Waals surface area contributed by atoms with Gasteiger partial charge in [-0.1, -0.05) is 0 Å². The lowest BCUT2D eigenvalue weighted by Crippen LogP contribution is -2.33. The van der Waals surface area contributed by atoms with Crippen LogP contribution in [0.15, 0.2) is 10.6 Å². The molecule has 0 spiro atoms. The average molecular weight is 209 g/mol. The lowest BCUT2D eigenvalue weighted by Gasteiger charge is -2.28. The summed E-state index contributed by atoms with van der Waals surface area (Å²) < 4.78 is 5.52. The molecule has 84 valence electrons. The van der Waals surface area contributed by atoms with Gasteiger partial charge in [0.1, 0.15) is 5.76 Å². The molecule has 1 aromatic heterocycles. The van der Waals surface area contributed by atoms with E-state index in [2.05, 4.69) is 16.9 Å². The van der Waals surface area contributed by atoms with Gasteiger partial charge in [-0.05, 0) is 32.4 Å². The van der Waals surface area contributed by atoms with Gasteiger partial charge in [-0.2, -0.15) is 0 Å². The monoisotopic (exact) mass is 209 g/mol. The minimum atomic E-state index is 0.442. The van der Waals surface area contributed by atoms with Crippen LogP contribution in [-0.2, 0) is 13.0 Å². The molecule has 0 aromatic carbocycles. The largest absolute Gasteiger partial charge is 0.444 e. The molecule has 0 aliphatic carbocycles. The molecule has 0 amide bonds. The van der Waals surface area contributed by atoms with Crippen molar-refractivity contribution in [1.29, 1.82) is 0 Å². The molecular formula is C11H19N3O. The van der Waals surface area contributed by atoms with Crippen molar-refractivity contribution in [3.8, 4) is 0 Å². The van der Waals surface area contributed by atoms with E-state index in [-0.39, 0.29) is 0 Å². The molecule has 1 atom stereocenters. The van der Waals surface area contributed by atoms with Gasteiger partial charge >= 0.3 is 0 Å². The smallest absolute Gasteiger partial charge is 0.194 e. The molecule has 1 saturated heterocycles. The Labute approximate surface area is 90.5 Å². The lowest BCUT2D eigenvalue weighted by molar-refractivity contribution is 0.201. The highest BCUT2D eigenvalue weighted by Gasteiger charge is 2.19. The third-order valence-corrected chi connectivity index (χ3v) is 2.99. The summed E-state index contributed by atoms with van der Waals surface area (Å²) in [5, 5.41) is 0. The van der Waals surface area contributed by atoms with E-state index in [1.807, 2.05) is 0 Å². The molecule has 0 radical (unpaired) electrons. The highest BCUT2D eigenvalue weighted by atomic mass is 16.4. The van der Waals surface area contributed by atoms with Crippen LogP contribution in [0.1, 0.15) is 24.5 Å². The lowest BCUT2D eigenvalue weighted by atomic mass is 9.95. The minimum absolute atomic E-state index is 0.442. The molecule has 1 aromatic rings. The number of nitrogens with zero attached hydrogens (tertiary/aromatic N) is 2. The number of likely N-dealkylation sites (tertiary alicyclic amines) is 1. The SMILES string of the molecule is CN1CCCC(Cc2ncc(CN)o2)C1. The quantitative estimate of drug-likeness (QED) is 0.807. The number of piperidine rings is 1. The first-order valence-corrected chi connectivity index (χ1v) is 5.60. The molecule has 1 aliphatic rings. The highest BCUT2D eigenvalue weighted by Crippen LogP contribution is 2.19. The predicted octanol–water partition coefficient (Wildman–Crippen LogP) is 1.02. The standard InChI is InChI=1S/C11H19N3O/c1-14-4-2-3-9(8-14)5-11-13-7-10(6-12)15-11/h7,9H,2-6,8,12H2,1H3. The highest BCUT2D eigenvalue weighted by molar-refractivity contribution is 4.94. The van der Waals surface area contributed by atoms with Crippen LogP contribution in [0.3, 0.4) is 0 Å². The molecule has 1 unspecified atom stereocenters. The minimum Gasteiger partial charge on any atom is -0.444 e. The number of hydrogen-bond acceptors (Lipinski definition) is 4. The Morgan fingerprint density at radius 2 is 2.53 bits per heavy atom. The molecule has 1 aliphatic heterocycles. The van der Waals surface area contributed by atoms with Crippen molar-refractivity contribution in [1.82, 2.24) is 9.88 Å². The Morgan fingerprint density at radius 3 is 3.20 bits per heavy atom. The Bertz CT molecular complexity index is 311. The Balaban J connectivity index is 1.90. The number of nitrogens with two attached hydrogens (primary N) is 1. The summed E-state index contributed by atoms with van der Waals surface area (Å²) in [4.78, 5) is 6.62. The van der Waals surface area contributed by atoms with E-state index in [9.17, 15) is 0 Å². The Kier molecular flexibility index (Phi) is 3.38. The van der Waals surface area contributed by atoms with Gasteiger partial charge in [-0.15, -0.1) is 0 Å². The zero-order valence-electron chi connectivity index (χ0n) is 9.28. The Morgan fingerprint density at radius 1 is 1.67 bits per heavy atom. The first kappa shape index (κ1) is 10.6. The summed E-state index contributed by atoms with van der Waals surface area (Å²) in [5.74, 6) is 2.32. The molecule has 2 N–H and O–H groups in total. The Hall–Kier alpha value is -0.870. The normalized spacial score (nSPS) is 23.2. The second-order valence-corrected chi connectivity index (χ2v) is 4.40. The third kappa shape index (κ3) is 2.79. The van der Waals surface area contributed by atoms with Crippen LogP contribution >= 0.6 is 0 Å². The number of aromatic nitrogens is 1. The van der Waals surface area contributed by atoms with Gasteiger partial charge in [-0.25, -0.2) is 4.98 Å². The van der Waals surface area contributed by atoms with Gasteiger partial charge < -0.3 is 15.1 Å². The van der Waals surface area contributed by atoms with Crippen molar-refractivity contribution in [2.75, 3.05) is 20.1 Å². The summed E-state index contributed by atoms with van der Waals surface area (Å²) in [6, 6.07) is 0. The molecule has 0 saturated carbocycles. The predicted molar refractivity (Wildman–Crippen MR) is 58.3 cm³/mol. The van der Waals surface area contributed by atoms with E-state index >= 15 is 0 Å². The van der Waals surface area contributed by atoms with Gasteiger partial charge in [0, 0.05) is 13.0 Å².